The first-order valence-corrected chi connectivity index (χ1v) is 4.69. The van der Waals surface area contributed by atoms with E-state index in [0.717, 1.165) is 11.1 Å². The summed E-state index contributed by atoms with van der Waals surface area (Å²) in [4.78, 5) is 23.7. The zero-order valence-corrected chi connectivity index (χ0v) is 8.36. The molecule has 0 radical (unpaired) electrons. The van der Waals surface area contributed by atoms with E-state index < -0.39 is 5.97 Å². The van der Waals surface area contributed by atoms with E-state index in [0.29, 0.717) is 18.7 Å². The molecule has 0 atom stereocenters. The fourth-order valence-corrected chi connectivity index (χ4v) is 1.84. The predicted molar refractivity (Wildman–Crippen MR) is 53.3 cm³/mol. The number of hydrogen-bond acceptors (Lipinski definition) is 2. The van der Waals surface area contributed by atoms with Gasteiger partial charge in [0.25, 0.3) is 0 Å². The van der Waals surface area contributed by atoms with Gasteiger partial charge in [-0.1, -0.05) is 12.1 Å². The van der Waals surface area contributed by atoms with Gasteiger partial charge < -0.3 is 10.0 Å². The number of hydrogen-bond donors (Lipinski definition) is 1. The molecule has 0 saturated carbocycles. The lowest BCUT2D eigenvalue weighted by atomic mass is 10.0. The highest BCUT2D eigenvalue weighted by atomic mass is 16.4. The van der Waals surface area contributed by atoms with Crippen LogP contribution in [0.15, 0.2) is 18.2 Å². The molecule has 0 bridgehead atoms. The van der Waals surface area contributed by atoms with Crippen LogP contribution in [0.5, 0.6) is 0 Å². The molecule has 15 heavy (non-hydrogen) atoms. The van der Waals surface area contributed by atoms with Crippen LogP contribution in [0.3, 0.4) is 0 Å². The van der Waals surface area contributed by atoms with E-state index in [1.54, 1.807) is 17.0 Å². The predicted octanol–water partition coefficient (Wildman–Crippen LogP) is 1.25. The van der Waals surface area contributed by atoms with Crippen molar-refractivity contribution in [2.75, 3.05) is 0 Å². The van der Waals surface area contributed by atoms with Gasteiger partial charge in [0.1, 0.15) is 0 Å². The Morgan fingerprint density at radius 2 is 2.07 bits per heavy atom. The van der Waals surface area contributed by atoms with Gasteiger partial charge in [-0.25, -0.2) is 4.79 Å². The van der Waals surface area contributed by atoms with Crippen molar-refractivity contribution in [1.29, 1.82) is 0 Å². The summed E-state index contributed by atoms with van der Waals surface area (Å²) in [5.41, 5.74) is 2.00. The lowest BCUT2D eigenvalue weighted by molar-refractivity contribution is -0.129. The first kappa shape index (κ1) is 9.71. The Morgan fingerprint density at radius 1 is 1.33 bits per heavy atom. The number of amides is 1. The van der Waals surface area contributed by atoms with E-state index in [-0.39, 0.29) is 5.91 Å². The molecular formula is C11H11NO3. The van der Waals surface area contributed by atoms with Gasteiger partial charge in [0.15, 0.2) is 0 Å². The Hall–Kier alpha value is -1.84. The Bertz CT molecular complexity index is 439. The number of carboxylic acids is 1. The van der Waals surface area contributed by atoms with Crippen LogP contribution in [0.4, 0.5) is 0 Å². The number of rotatable bonds is 1. The summed E-state index contributed by atoms with van der Waals surface area (Å²) in [5, 5.41) is 8.97. The zero-order valence-electron chi connectivity index (χ0n) is 8.36. The lowest BCUT2D eigenvalue weighted by Gasteiger charge is -2.11. The number of carboxylic acid groups (broad SMARTS) is 1. The van der Waals surface area contributed by atoms with Crippen molar-refractivity contribution in [1.82, 2.24) is 4.90 Å². The van der Waals surface area contributed by atoms with E-state index in [4.69, 9.17) is 5.11 Å². The highest BCUT2D eigenvalue weighted by Crippen LogP contribution is 2.25. The molecule has 1 heterocycles. The highest BCUT2D eigenvalue weighted by molar-refractivity contribution is 5.90. The van der Waals surface area contributed by atoms with Crippen LogP contribution >= 0.6 is 0 Å². The smallest absolute Gasteiger partial charge is 0.336 e. The van der Waals surface area contributed by atoms with Crippen molar-refractivity contribution >= 4 is 11.9 Å². The van der Waals surface area contributed by atoms with Gasteiger partial charge in [-0.05, 0) is 17.2 Å². The number of benzene rings is 1. The van der Waals surface area contributed by atoms with Gasteiger partial charge in [0, 0.05) is 20.0 Å². The quantitative estimate of drug-likeness (QED) is 0.750. The molecule has 1 aromatic carbocycles. The summed E-state index contributed by atoms with van der Waals surface area (Å²) in [6, 6.07) is 5.15. The first-order chi connectivity index (χ1) is 7.09. The van der Waals surface area contributed by atoms with Crippen molar-refractivity contribution in [3.05, 3.63) is 34.9 Å². The lowest BCUT2D eigenvalue weighted by Crippen LogP contribution is -2.22. The number of aromatic carboxylic acids is 1. The van der Waals surface area contributed by atoms with Gasteiger partial charge in [-0.2, -0.15) is 0 Å². The molecule has 0 aromatic heterocycles. The Kier molecular flexibility index (Phi) is 2.19. The Balaban J connectivity index is 2.41. The molecule has 1 aliphatic rings. The molecule has 1 aliphatic heterocycles. The van der Waals surface area contributed by atoms with Crippen LogP contribution < -0.4 is 0 Å². The minimum Gasteiger partial charge on any atom is -0.478 e. The van der Waals surface area contributed by atoms with Crippen LogP contribution in [0, 0.1) is 0 Å². The summed E-state index contributed by atoms with van der Waals surface area (Å²) in [5.74, 6) is -0.959. The van der Waals surface area contributed by atoms with Crippen molar-refractivity contribution in [3.63, 3.8) is 0 Å². The molecule has 1 amide bonds. The van der Waals surface area contributed by atoms with E-state index >= 15 is 0 Å². The van der Waals surface area contributed by atoms with Crippen LogP contribution in [-0.4, -0.2) is 21.9 Å². The fourth-order valence-electron chi connectivity index (χ4n) is 1.84. The minimum atomic E-state index is -0.933. The average molecular weight is 205 g/mol. The molecule has 4 nitrogen and oxygen atoms in total. The molecular weight excluding hydrogens is 194 g/mol. The highest BCUT2D eigenvalue weighted by Gasteiger charge is 2.24. The summed E-state index contributed by atoms with van der Waals surface area (Å²) in [6.45, 7) is 2.42. The zero-order chi connectivity index (χ0) is 11.0. The molecule has 0 unspecified atom stereocenters. The maximum atomic E-state index is 11.2. The Morgan fingerprint density at radius 3 is 2.67 bits per heavy atom. The van der Waals surface area contributed by atoms with Crippen LogP contribution in [0.25, 0.3) is 0 Å². The second-order valence-corrected chi connectivity index (χ2v) is 3.62. The number of carbonyl (C=O) groups excluding carboxylic acids is 1. The van der Waals surface area contributed by atoms with E-state index in [1.165, 1.54) is 6.92 Å². The van der Waals surface area contributed by atoms with Crippen molar-refractivity contribution in [3.8, 4) is 0 Å². The van der Waals surface area contributed by atoms with Crippen LogP contribution in [0.2, 0.25) is 0 Å². The monoisotopic (exact) mass is 205 g/mol. The molecule has 0 spiro atoms. The molecule has 78 valence electrons. The number of fused-ring (bicyclic) bond motifs is 1. The third-order valence-corrected chi connectivity index (χ3v) is 2.66. The molecule has 0 aliphatic carbocycles. The van der Waals surface area contributed by atoms with Crippen LogP contribution in [0.1, 0.15) is 28.4 Å². The van der Waals surface area contributed by atoms with Gasteiger partial charge in [0.05, 0.1) is 5.56 Å². The topological polar surface area (TPSA) is 57.6 Å². The second-order valence-electron chi connectivity index (χ2n) is 3.62. The van der Waals surface area contributed by atoms with Crippen molar-refractivity contribution < 1.29 is 14.7 Å². The van der Waals surface area contributed by atoms with E-state index in [2.05, 4.69) is 0 Å². The molecule has 0 fully saturated rings. The summed E-state index contributed by atoms with van der Waals surface area (Å²) in [7, 11) is 0. The minimum absolute atomic E-state index is 0.0254. The van der Waals surface area contributed by atoms with E-state index in [1.807, 2.05) is 6.07 Å². The third kappa shape index (κ3) is 1.58. The molecule has 1 N–H and O–H groups in total. The summed E-state index contributed by atoms with van der Waals surface area (Å²) >= 11 is 0. The summed E-state index contributed by atoms with van der Waals surface area (Å²) < 4.78 is 0. The molecule has 2 rings (SSSR count). The van der Waals surface area contributed by atoms with Gasteiger partial charge in [0.2, 0.25) is 5.91 Å². The average Bonchev–Trinajstić information content (AvgIpc) is 2.60. The van der Waals surface area contributed by atoms with Crippen molar-refractivity contribution in [2.45, 2.75) is 20.0 Å². The van der Waals surface area contributed by atoms with Crippen molar-refractivity contribution in [2.24, 2.45) is 0 Å². The second kappa shape index (κ2) is 3.38. The van der Waals surface area contributed by atoms with Gasteiger partial charge in [-0.3, -0.25) is 4.79 Å². The van der Waals surface area contributed by atoms with Gasteiger partial charge in [-0.15, -0.1) is 0 Å². The third-order valence-electron chi connectivity index (χ3n) is 2.66. The molecule has 1 aromatic rings. The number of carbonyl (C=O) groups is 2. The molecule has 4 heteroatoms. The van der Waals surface area contributed by atoms with Gasteiger partial charge >= 0.3 is 5.97 Å². The fraction of sp³-hybridized carbons (Fsp3) is 0.273. The Labute approximate surface area is 87.1 Å². The maximum Gasteiger partial charge on any atom is 0.336 e. The van der Waals surface area contributed by atoms with E-state index in [9.17, 15) is 9.59 Å². The SMILES string of the molecule is CC(=O)N1Cc2cccc(C(=O)O)c2C1. The first-order valence-electron chi connectivity index (χ1n) is 4.69. The molecule has 0 saturated heterocycles. The number of nitrogens with zero attached hydrogens (tertiary/aromatic N) is 1. The van der Waals surface area contributed by atoms with Crippen LogP contribution in [-0.2, 0) is 17.9 Å². The maximum absolute atomic E-state index is 11.2. The largest absolute Gasteiger partial charge is 0.478 e. The standard InChI is InChI=1S/C11H11NO3/c1-7(13)12-5-8-3-2-4-9(11(14)15)10(8)6-12/h2-4H,5-6H2,1H3,(H,14,15). The summed E-state index contributed by atoms with van der Waals surface area (Å²) in [6.07, 6.45) is 0. The normalized spacial score (nSPS) is 13.8.